The smallest absolute Gasteiger partial charge is 0.0594 e. The van der Waals surface area contributed by atoms with Crippen LogP contribution in [0.2, 0.25) is 0 Å². The van der Waals surface area contributed by atoms with Crippen LogP contribution in [0.15, 0.2) is 11.4 Å². The van der Waals surface area contributed by atoms with Gasteiger partial charge in [-0.15, -0.1) is 11.3 Å². The molecule has 2 atom stereocenters. The van der Waals surface area contributed by atoms with Gasteiger partial charge in [-0.3, -0.25) is 4.90 Å². The van der Waals surface area contributed by atoms with Crippen LogP contribution < -0.4 is 5.73 Å². The second-order valence-electron chi connectivity index (χ2n) is 4.26. The predicted octanol–water partition coefficient (Wildman–Crippen LogP) is 0.731. The molecular formula is C12H22N2O2S. The average molecular weight is 258 g/mol. The van der Waals surface area contributed by atoms with Crippen LogP contribution in [-0.4, -0.2) is 47.5 Å². The topological polar surface area (TPSA) is 69.7 Å². The SMILES string of the molecule is Cc1ccsc1C(C(C)N)N(CCO)CCO. The van der Waals surface area contributed by atoms with Gasteiger partial charge in [0.2, 0.25) is 0 Å². The number of aliphatic hydroxyl groups is 2. The van der Waals surface area contributed by atoms with Gasteiger partial charge in [-0.1, -0.05) is 0 Å². The van der Waals surface area contributed by atoms with E-state index in [9.17, 15) is 0 Å². The molecule has 0 amide bonds. The quantitative estimate of drug-likeness (QED) is 0.674. The Balaban J connectivity index is 2.94. The minimum Gasteiger partial charge on any atom is -0.395 e. The van der Waals surface area contributed by atoms with Crippen LogP contribution in [0, 0.1) is 6.92 Å². The molecule has 98 valence electrons. The Labute approximate surface area is 107 Å². The third-order valence-corrected chi connectivity index (χ3v) is 3.93. The molecule has 0 spiro atoms. The van der Waals surface area contributed by atoms with Crippen LogP contribution in [0.5, 0.6) is 0 Å². The van der Waals surface area contributed by atoms with E-state index in [2.05, 4.69) is 18.4 Å². The van der Waals surface area contributed by atoms with E-state index >= 15 is 0 Å². The molecule has 17 heavy (non-hydrogen) atoms. The summed E-state index contributed by atoms with van der Waals surface area (Å²) >= 11 is 1.68. The van der Waals surface area contributed by atoms with Crippen LogP contribution in [-0.2, 0) is 0 Å². The average Bonchev–Trinajstić information content (AvgIpc) is 2.65. The first-order chi connectivity index (χ1) is 8.11. The van der Waals surface area contributed by atoms with E-state index in [0.29, 0.717) is 13.1 Å². The van der Waals surface area contributed by atoms with Gasteiger partial charge in [0, 0.05) is 24.0 Å². The molecule has 5 heteroatoms. The Morgan fingerprint density at radius 3 is 2.29 bits per heavy atom. The maximum atomic E-state index is 9.10. The maximum absolute atomic E-state index is 9.10. The molecule has 0 saturated carbocycles. The fourth-order valence-corrected chi connectivity index (χ4v) is 3.25. The molecule has 0 bridgehead atoms. The molecule has 1 heterocycles. The van der Waals surface area contributed by atoms with Crippen molar-refractivity contribution < 1.29 is 10.2 Å². The van der Waals surface area contributed by atoms with E-state index in [1.54, 1.807) is 11.3 Å². The van der Waals surface area contributed by atoms with Gasteiger partial charge in [0.05, 0.1) is 19.3 Å². The zero-order valence-corrected chi connectivity index (χ0v) is 11.3. The monoisotopic (exact) mass is 258 g/mol. The fourth-order valence-electron chi connectivity index (χ4n) is 2.07. The Morgan fingerprint density at radius 2 is 1.94 bits per heavy atom. The molecule has 0 aromatic carbocycles. The summed E-state index contributed by atoms with van der Waals surface area (Å²) in [5.41, 5.74) is 7.28. The number of rotatable bonds is 7. The number of hydrogen-bond donors (Lipinski definition) is 3. The minimum absolute atomic E-state index is 0.0366. The van der Waals surface area contributed by atoms with Crippen LogP contribution >= 0.6 is 11.3 Å². The predicted molar refractivity (Wildman–Crippen MR) is 71.2 cm³/mol. The molecule has 1 aromatic heterocycles. The molecule has 4 N–H and O–H groups in total. The van der Waals surface area contributed by atoms with Gasteiger partial charge >= 0.3 is 0 Å². The maximum Gasteiger partial charge on any atom is 0.0594 e. The van der Waals surface area contributed by atoms with Crippen molar-refractivity contribution in [3.05, 3.63) is 21.9 Å². The number of aryl methyl sites for hydroxylation is 1. The molecule has 4 nitrogen and oxygen atoms in total. The van der Waals surface area contributed by atoms with Crippen molar-refractivity contribution in [1.82, 2.24) is 4.90 Å². The highest BCUT2D eigenvalue weighted by Crippen LogP contribution is 2.30. The van der Waals surface area contributed by atoms with Crippen LogP contribution in [0.25, 0.3) is 0 Å². The largest absolute Gasteiger partial charge is 0.395 e. The van der Waals surface area contributed by atoms with Crippen LogP contribution in [0.4, 0.5) is 0 Å². The molecule has 0 fully saturated rings. The summed E-state index contributed by atoms with van der Waals surface area (Å²) in [6.07, 6.45) is 0. The van der Waals surface area contributed by atoms with Crippen LogP contribution in [0.1, 0.15) is 23.4 Å². The summed E-state index contributed by atoms with van der Waals surface area (Å²) in [6.45, 7) is 5.25. The molecule has 0 aliphatic heterocycles. The van der Waals surface area contributed by atoms with Crippen molar-refractivity contribution in [2.45, 2.75) is 25.9 Å². The third kappa shape index (κ3) is 3.76. The van der Waals surface area contributed by atoms with Gasteiger partial charge in [0.25, 0.3) is 0 Å². The summed E-state index contributed by atoms with van der Waals surface area (Å²) in [4.78, 5) is 3.27. The van der Waals surface area contributed by atoms with Gasteiger partial charge in [-0.2, -0.15) is 0 Å². The zero-order chi connectivity index (χ0) is 12.8. The number of thiophene rings is 1. The second kappa shape index (κ2) is 7.08. The third-order valence-electron chi connectivity index (χ3n) is 2.84. The van der Waals surface area contributed by atoms with Crippen molar-refractivity contribution in [1.29, 1.82) is 0 Å². The summed E-state index contributed by atoms with van der Waals surface area (Å²) < 4.78 is 0. The zero-order valence-electron chi connectivity index (χ0n) is 10.5. The second-order valence-corrected chi connectivity index (χ2v) is 5.20. The molecular weight excluding hydrogens is 236 g/mol. The summed E-state index contributed by atoms with van der Waals surface area (Å²) in [5, 5.41) is 20.3. The highest BCUT2D eigenvalue weighted by Gasteiger charge is 2.25. The molecule has 0 radical (unpaired) electrons. The Kier molecular flexibility index (Phi) is 6.08. The first kappa shape index (κ1) is 14.6. The number of nitrogens with two attached hydrogens (primary N) is 1. The van der Waals surface area contributed by atoms with Gasteiger partial charge in [-0.05, 0) is 30.9 Å². The number of aliphatic hydroxyl groups excluding tert-OH is 2. The Bertz CT molecular complexity index is 322. The van der Waals surface area contributed by atoms with Crippen molar-refractivity contribution >= 4 is 11.3 Å². The van der Waals surface area contributed by atoms with E-state index in [-0.39, 0.29) is 25.3 Å². The minimum atomic E-state index is -0.0366. The summed E-state index contributed by atoms with van der Waals surface area (Å²) in [5.74, 6) is 0. The lowest BCUT2D eigenvalue weighted by Crippen LogP contribution is -2.42. The van der Waals surface area contributed by atoms with Gasteiger partial charge in [0.1, 0.15) is 0 Å². The summed E-state index contributed by atoms with van der Waals surface area (Å²) in [7, 11) is 0. The van der Waals surface area contributed by atoms with E-state index in [0.717, 1.165) is 0 Å². The molecule has 1 rings (SSSR count). The standard InChI is InChI=1S/C12H22N2O2S/c1-9-3-8-17-12(9)11(10(2)13)14(4-6-15)5-7-16/h3,8,10-11,15-16H,4-7,13H2,1-2H3. The Morgan fingerprint density at radius 1 is 1.35 bits per heavy atom. The van der Waals surface area contributed by atoms with E-state index in [4.69, 9.17) is 15.9 Å². The Hall–Kier alpha value is -0.460. The number of hydrogen-bond acceptors (Lipinski definition) is 5. The van der Waals surface area contributed by atoms with Gasteiger partial charge in [-0.25, -0.2) is 0 Å². The molecule has 1 aromatic rings. The molecule has 0 aliphatic rings. The molecule has 0 saturated heterocycles. The number of nitrogens with zero attached hydrogens (tertiary/aromatic N) is 1. The normalized spacial score (nSPS) is 15.2. The highest BCUT2D eigenvalue weighted by molar-refractivity contribution is 7.10. The van der Waals surface area contributed by atoms with E-state index in [1.165, 1.54) is 10.4 Å². The van der Waals surface area contributed by atoms with Crippen molar-refractivity contribution in [2.24, 2.45) is 5.73 Å². The lowest BCUT2D eigenvalue weighted by atomic mass is 10.0. The van der Waals surface area contributed by atoms with Gasteiger partial charge < -0.3 is 15.9 Å². The van der Waals surface area contributed by atoms with Crippen LogP contribution in [0.3, 0.4) is 0 Å². The molecule has 0 aliphatic carbocycles. The van der Waals surface area contributed by atoms with Crippen molar-refractivity contribution in [3.8, 4) is 0 Å². The van der Waals surface area contributed by atoms with Crippen molar-refractivity contribution in [2.75, 3.05) is 26.3 Å². The highest BCUT2D eigenvalue weighted by atomic mass is 32.1. The van der Waals surface area contributed by atoms with Crippen molar-refractivity contribution in [3.63, 3.8) is 0 Å². The lowest BCUT2D eigenvalue weighted by molar-refractivity contribution is 0.112. The molecule has 2 unspecified atom stereocenters. The lowest BCUT2D eigenvalue weighted by Gasteiger charge is -2.33. The summed E-state index contributed by atoms with van der Waals surface area (Å²) in [6, 6.07) is 2.10. The fraction of sp³-hybridized carbons (Fsp3) is 0.667. The van der Waals surface area contributed by atoms with E-state index in [1.807, 2.05) is 11.8 Å². The van der Waals surface area contributed by atoms with Gasteiger partial charge in [0.15, 0.2) is 0 Å². The van der Waals surface area contributed by atoms with E-state index < -0.39 is 0 Å². The first-order valence-electron chi connectivity index (χ1n) is 5.87. The first-order valence-corrected chi connectivity index (χ1v) is 6.75.